The van der Waals surface area contributed by atoms with Gasteiger partial charge in [-0.15, -0.1) is 5.10 Å². The monoisotopic (exact) mass is 380 g/mol. The van der Waals surface area contributed by atoms with E-state index in [0.717, 1.165) is 18.6 Å². The van der Waals surface area contributed by atoms with E-state index in [4.69, 9.17) is 16.3 Å². The van der Waals surface area contributed by atoms with Crippen molar-refractivity contribution in [2.75, 3.05) is 31.2 Å². The van der Waals surface area contributed by atoms with Crippen LogP contribution in [-0.4, -0.2) is 51.0 Å². The number of hydrogen-bond donors (Lipinski definition) is 0. The fourth-order valence-corrected chi connectivity index (χ4v) is 3.01. The number of nitrogens with zero attached hydrogens (tertiary/aromatic N) is 6. The number of anilines is 1. The first-order chi connectivity index (χ1) is 12.4. The van der Waals surface area contributed by atoms with Crippen molar-refractivity contribution in [1.82, 2.24) is 24.7 Å². The number of alkyl halides is 2. The standard InChI is InChI=1S/C16H15ClF2N6O/c1-16(18,19)12-7-14(22-9-21-12)25-11-6-13(17)20-8-10(11)15(23-25)24-2-4-26-5-3-24/h6-9H,2-5H2,1H3. The number of rotatable bonds is 3. The molecule has 1 aliphatic rings. The fraction of sp³-hybridized carbons (Fsp3) is 0.375. The molecule has 4 rings (SSSR count). The third-order valence-corrected chi connectivity index (χ3v) is 4.35. The van der Waals surface area contributed by atoms with Gasteiger partial charge in [0.15, 0.2) is 11.6 Å². The van der Waals surface area contributed by atoms with Gasteiger partial charge in [0.2, 0.25) is 0 Å². The molecule has 0 radical (unpaired) electrons. The first-order valence-electron chi connectivity index (χ1n) is 8.01. The van der Waals surface area contributed by atoms with Gasteiger partial charge in [0.25, 0.3) is 5.92 Å². The van der Waals surface area contributed by atoms with E-state index in [-0.39, 0.29) is 16.7 Å². The van der Waals surface area contributed by atoms with Crippen molar-refractivity contribution in [3.63, 3.8) is 0 Å². The summed E-state index contributed by atoms with van der Waals surface area (Å²) in [6.07, 6.45) is 2.73. The predicted molar refractivity (Wildman–Crippen MR) is 92.1 cm³/mol. The Balaban J connectivity index is 1.88. The van der Waals surface area contributed by atoms with Crippen molar-refractivity contribution in [1.29, 1.82) is 0 Å². The zero-order valence-electron chi connectivity index (χ0n) is 13.9. The summed E-state index contributed by atoms with van der Waals surface area (Å²) in [5, 5.41) is 5.64. The van der Waals surface area contributed by atoms with Crippen molar-refractivity contribution in [3.05, 3.63) is 35.5 Å². The van der Waals surface area contributed by atoms with Gasteiger partial charge in [-0.05, 0) is 0 Å². The fourth-order valence-electron chi connectivity index (χ4n) is 2.86. The quantitative estimate of drug-likeness (QED) is 0.651. The summed E-state index contributed by atoms with van der Waals surface area (Å²) in [4.78, 5) is 14.0. The van der Waals surface area contributed by atoms with Crippen LogP contribution in [0.3, 0.4) is 0 Å². The average molecular weight is 381 g/mol. The van der Waals surface area contributed by atoms with Crippen LogP contribution in [0.15, 0.2) is 24.7 Å². The lowest BCUT2D eigenvalue weighted by atomic mass is 10.2. The van der Waals surface area contributed by atoms with Gasteiger partial charge in [-0.3, -0.25) is 0 Å². The van der Waals surface area contributed by atoms with Crippen LogP contribution in [0, 0.1) is 0 Å². The van der Waals surface area contributed by atoms with E-state index in [1.807, 2.05) is 0 Å². The van der Waals surface area contributed by atoms with Crippen molar-refractivity contribution < 1.29 is 13.5 Å². The van der Waals surface area contributed by atoms with E-state index in [9.17, 15) is 8.78 Å². The third-order valence-electron chi connectivity index (χ3n) is 4.14. The van der Waals surface area contributed by atoms with E-state index < -0.39 is 5.92 Å². The molecule has 3 aromatic rings. The van der Waals surface area contributed by atoms with Gasteiger partial charge >= 0.3 is 0 Å². The molecular weight excluding hydrogens is 366 g/mol. The lowest BCUT2D eigenvalue weighted by Crippen LogP contribution is -2.36. The first-order valence-corrected chi connectivity index (χ1v) is 8.39. The molecule has 136 valence electrons. The maximum atomic E-state index is 13.7. The maximum absolute atomic E-state index is 13.7. The van der Waals surface area contributed by atoms with Gasteiger partial charge in [0.05, 0.1) is 24.1 Å². The highest BCUT2D eigenvalue weighted by atomic mass is 35.5. The number of fused-ring (bicyclic) bond motifs is 1. The summed E-state index contributed by atoms with van der Waals surface area (Å²) in [5.74, 6) is -2.15. The molecule has 1 fully saturated rings. The summed E-state index contributed by atoms with van der Waals surface area (Å²) in [6, 6.07) is 2.86. The molecule has 3 aromatic heterocycles. The van der Waals surface area contributed by atoms with E-state index in [0.29, 0.717) is 37.6 Å². The summed E-state index contributed by atoms with van der Waals surface area (Å²) in [5.41, 5.74) is 0.259. The minimum Gasteiger partial charge on any atom is -0.378 e. The van der Waals surface area contributed by atoms with E-state index in [1.165, 1.54) is 10.7 Å². The van der Waals surface area contributed by atoms with Gasteiger partial charge in [-0.1, -0.05) is 11.6 Å². The van der Waals surface area contributed by atoms with E-state index in [1.54, 1.807) is 12.3 Å². The summed E-state index contributed by atoms with van der Waals surface area (Å²) < 4.78 is 34.2. The molecule has 0 unspecified atom stereocenters. The summed E-state index contributed by atoms with van der Waals surface area (Å²) in [7, 11) is 0. The summed E-state index contributed by atoms with van der Waals surface area (Å²) in [6.45, 7) is 3.33. The number of morpholine rings is 1. The van der Waals surface area contributed by atoms with Crippen LogP contribution in [-0.2, 0) is 10.7 Å². The third kappa shape index (κ3) is 3.08. The van der Waals surface area contributed by atoms with Crippen molar-refractivity contribution in [2.24, 2.45) is 0 Å². The molecule has 0 aliphatic carbocycles. The second-order valence-corrected chi connectivity index (χ2v) is 6.40. The number of hydrogen-bond acceptors (Lipinski definition) is 6. The van der Waals surface area contributed by atoms with Gasteiger partial charge in [0, 0.05) is 38.3 Å². The lowest BCUT2D eigenvalue weighted by molar-refractivity contribution is 0.0126. The SMILES string of the molecule is CC(F)(F)c1cc(-n2nc(N3CCOCC3)c3cnc(Cl)cc32)ncn1. The molecule has 0 atom stereocenters. The van der Waals surface area contributed by atoms with Crippen molar-refractivity contribution in [3.8, 4) is 5.82 Å². The van der Waals surface area contributed by atoms with Crippen LogP contribution in [0.4, 0.5) is 14.6 Å². The van der Waals surface area contributed by atoms with Gasteiger partial charge < -0.3 is 9.64 Å². The molecule has 4 heterocycles. The Hall–Kier alpha value is -2.39. The number of pyridine rings is 1. The molecule has 10 heteroatoms. The molecular formula is C16H15ClF2N6O. The van der Waals surface area contributed by atoms with Crippen LogP contribution in [0.1, 0.15) is 12.6 Å². The van der Waals surface area contributed by atoms with Crippen LogP contribution >= 0.6 is 11.6 Å². The van der Waals surface area contributed by atoms with Crippen molar-refractivity contribution >= 4 is 28.3 Å². The molecule has 7 nitrogen and oxygen atoms in total. The molecule has 0 bridgehead atoms. The second kappa shape index (κ2) is 6.40. The zero-order valence-corrected chi connectivity index (χ0v) is 14.6. The second-order valence-electron chi connectivity index (χ2n) is 6.01. The zero-order chi connectivity index (χ0) is 18.3. The predicted octanol–water partition coefficient (Wildman–Crippen LogP) is 2.81. The smallest absolute Gasteiger partial charge is 0.287 e. The molecule has 0 spiro atoms. The molecule has 0 aromatic carbocycles. The Labute approximate surface area is 152 Å². The minimum atomic E-state index is -3.08. The molecule has 0 N–H and O–H groups in total. The van der Waals surface area contributed by atoms with E-state index >= 15 is 0 Å². The van der Waals surface area contributed by atoms with Gasteiger partial charge in [0.1, 0.15) is 17.2 Å². The average Bonchev–Trinajstić information content (AvgIpc) is 3.00. The molecule has 1 aliphatic heterocycles. The van der Waals surface area contributed by atoms with Gasteiger partial charge in [-0.2, -0.15) is 8.78 Å². The van der Waals surface area contributed by atoms with Crippen LogP contribution < -0.4 is 4.90 Å². The largest absolute Gasteiger partial charge is 0.378 e. The van der Waals surface area contributed by atoms with Crippen LogP contribution in [0.2, 0.25) is 5.15 Å². The first kappa shape index (κ1) is 17.0. The highest BCUT2D eigenvalue weighted by molar-refractivity contribution is 6.30. The Morgan fingerprint density at radius 2 is 1.92 bits per heavy atom. The maximum Gasteiger partial charge on any atom is 0.287 e. The molecule has 26 heavy (non-hydrogen) atoms. The molecule has 1 saturated heterocycles. The number of halogens is 3. The number of aromatic nitrogens is 5. The minimum absolute atomic E-state index is 0.239. The highest BCUT2D eigenvalue weighted by Gasteiger charge is 2.28. The Morgan fingerprint density at radius 3 is 2.65 bits per heavy atom. The topological polar surface area (TPSA) is 69.0 Å². The Kier molecular flexibility index (Phi) is 4.20. The van der Waals surface area contributed by atoms with Crippen LogP contribution in [0.25, 0.3) is 16.7 Å². The van der Waals surface area contributed by atoms with Crippen LogP contribution in [0.5, 0.6) is 0 Å². The Morgan fingerprint density at radius 1 is 1.15 bits per heavy atom. The Bertz CT molecular complexity index is 952. The normalized spacial score (nSPS) is 15.6. The molecule has 0 amide bonds. The lowest BCUT2D eigenvalue weighted by Gasteiger charge is -2.26. The van der Waals surface area contributed by atoms with E-state index in [2.05, 4.69) is 25.0 Å². The van der Waals surface area contributed by atoms with Crippen molar-refractivity contribution in [2.45, 2.75) is 12.8 Å². The number of ether oxygens (including phenoxy) is 1. The summed E-state index contributed by atoms with van der Waals surface area (Å²) >= 11 is 6.04. The highest BCUT2D eigenvalue weighted by Crippen LogP contribution is 2.31. The molecule has 0 saturated carbocycles. The van der Waals surface area contributed by atoms with Gasteiger partial charge in [-0.25, -0.2) is 19.6 Å².